The van der Waals surface area contributed by atoms with Crippen molar-refractivity contribution in [3.63, 3.8) is 0 Å². The van der Waals surface area contributed by atoms with Crippen molar-refractivity contribution in [3.05, 3.63) is 137 Å². The smallest absolute Gasteiger partial charge is 0.0594 e. The van der Waals surface area contributed by atoms with E-state index in [0.29, 0.717) is 6.54 Å². The highest BCUT2D eigenvalue weighted by molar-refractivity contribution is 6.22. The van der Waals surface area contributed by atoms with Gasteiger partial charge in [-0.15, -0.1) is 0 Å². The average molecular weight is 504 g/mol. The number of aliphatic imine (C=N–C) groups is 1. The summed E-state index contributed by atoms with van der Waals surface area (Å²) in [5.41, 5.74) is 12.2. The van der Waals surface area contributed by atoms with Gasteiger partial charge in [-0.2, -0.15) is 0 Å². The Morgan fingerprint density at radius 1 is 0.816 bits per heavy atom. The van der Waals surface area contributed by atoms with Gasteiger partial charge in [0, 0.05) is 11.8 Å². The molecule has 0 atom stereocenters. The van der Waals surface area contributed by atoms with Crippen molar-refractivity contribution < 1.29 is 0 Å². The van der Waals surface area contributed by atoms with Crippen molar-refractivity contribution in [2.45, 2.75) is 60.8 Å². The van der Waals surface area contributed by atoms with E-state index in [0.717, 1.165) is 28.7 Å². The maximum absolute atomic E-state index is 4.64. The normalized spacial score (nSPS) is 12.0. The van der Waals surface area contributed by atoms with Gasteiger partial charge in [0.25, 0.3) is 0 Å². The Labute approximate surface area is 232 Å². The van der Waals surface area contributed by atoms with Gasteiger partial charge in [0.15, 0.2) is 0 Å². The standard InChI is InChI=1S/C26H29N.C11H16/c1-7-21(6)26(24-15-11-22(8-2)12-16-24)25(18-27-17-19(3)4)23-13-9-20(5)10-14-23;1-3-5-11-8-6-10(4-2)7-9-11/h7-16,18H,2-3,17H2,1,4-6H3;6-9H,3-5H2,1-2H3/b21-7+,26-25-,27-18?;. The minimum absolute atomic E-state index is 0.632. The van der Waals surface area contributed by atoms with Crippen LogP contribution in [0, 0.1) is 6.92 Å². The fourth-order valence-electron chi connectivity index (χ4n) is 4.07. The number of benzene rings is 3. The molecule has 198 valence electrons. The minimum Gasteiger partial charge on any atom is -0.288 e. The van der Waals surface area contributed by atoms with Crippen LogP contribution in [0.15, 0.2) is 108 Å². The Kier molecular flexibility index (Phi) is 13.0. The first kappa shape index (κ1) is 30.5. The molecule has 0 bridgehead atoms. The lowest BCUT2D eigenvalue weighted by molar-refractivity contribution is 0.920. The predicted molar refractivity (Wildman–Crippen MR) is 172 cm³/mol. The summed E-state index contributed by atoms with van der Waals surface area (Å²) in [6.45, 7) is 21.2. The monoisotopic (exact) mass is 503 g/mol. The summed E-state index contributed by atoms with van der Waals surface area (Å²) >= 11 is 0. The van der Waals surface area contributed by atoms with E-state index < -0.39 is 0 Å². The fraction of sp³-hybridized carbons (Fsp3) is 0.270. The van der Waals surface area contributed by atoms with Crippen LogP contribution in [0.3, 0.4) is 0 Å². The summed E-state index contributed by atoms with van der Waals surface area (Å²) in [6, 6.07) is 26.1. The van der Waals surface area contributed by atoms with E-state index in [2.05, 4.69) is 132 Å². The van der Waals surface area contributed by atoms with E-state index in [9.17, 15) is 0 Å². The van der Waals surface area contributed by atoms with E-state index in [1.807, 2.05) is 19.2 Å². The average Bonchev–Trinajstić information content (AvgIpc) is 2.94. The van der Waals surface area contributed by atoms with Crippen LogP contribution in [0.2, 0.25) is 0 Å². The maximum Gasteiger partial charge on any atom is 0.0594 e. The summed E-state index contributed by atoms with van der Waals surface area (Å²) in [5.74, 6) is 0. The highest BCUT2D eigenvalue weighted by Crippen LogP contribution is 2.32. The number of hydrogen-bond acceptors (Lipinski definition) is 1. The van der Waals surface area contributed by atoms with Crippen molar-refractivity contribution in [3.8, 4) is 0 Å². The lowest BCUT2D eigenvalue weighted by Crippen LogP contribution is -1.97. The number of nitrogens with zero attached hydrogens (tertiary/aromatic N) is 1. The SMILES string of the molecule is C=Cc1ccc(C(/C(C)=C/C)=C(/C=NCC(=C)C)c2ccc(C)cc2)cc1.CCCc1ccc(CC)cc1. The van der Waals surface area contributed by atoms with Gasteiger partial charge >= 0.3 is 0 Å². The van der Waals surface area contributed by atoms with E-state index in [-0.39, 0.29) is 0 Å². The summed E-state index contributed by atoms with van der Waals surface area (Å²) < 4.78 is 0. The number of rotatable bonds is 10. The van der Waals surface area contributed by atoms with Crippen LogP contribution in [0.1, 0.15) is 74.4 Å². The molecule has 1 heteroatoms. The lowest BCUT2D eigenvalue weighted by atomic mass is 9.89. The summed E-state index contributed by atoms with van der Waals surface area (Å²) in [6.07, 6.45) is 9.60. The molecule has 0 heterocycles. The van der Waals surface area contributed by atoms with Crippen LogP contribution >= 0.6 is 0 Å². The van der Waals surface area contributed by atoms with Crippen molar-refractivity contribution >= 4 is 23.4 Å². The quantitative estimate of drug-likeness (QED) is 0.113. The van der Waals surface area contributed by atoms with Gasteiger partial charge in [-0.1, -0.05) is 130 Å². The van der Waals surface area contributed by atoms with Gasteiger partial charge < -0.3 is 0 Å². The summed E-state index contributed by atoms with van der Waals surface area (Å²) in [5, 5.41) is 0. The lowest BCUT2D eigenvalue weighted by Gasteiger charge is -2.15. The van der Waals surface area contributed by atoms with Gasteiger partial charge in [-0.25, -0.2) is 0 Å². The summed E-state index contributed by atoms with van der Waals surface area (Å²) in [7, 11) is 0. The second-order valence-corrected chi connectivity index (χ2v) is 9.80. The molecule has 0 aromatic heterocycles. The Balaban J connectivity index is 0.000000384. The third kappa shape index (κ3) is 9.63. The molecule has 0 radical (unpaired) electrons. The Morgan fingerprint density at radius 3 is 1.89 bits per heavy atom. The van der Waals surface area contributed by atoms with Crippen LogP contribution in [0.4, 0.5) is 0 Å². The minimum atomic E-state index is 0.632. The van der Waals surface area contributed by atoms with Crippen LogP contribution in [-0.2, 0) is 12.8 Å². The first-order valence-corrected chi connectivity index (χ1v) is 13.7. The first-order valence-electron chi connectivity index (χ1n) is 13.7. The van der Waals surface area contributed by atoms with Gasteiger partial charge in [0.05, 0.1) is 6.54 Å². The van der Waals surface area contributed by atoms with Crippen molar-refractivity contribution in [2.24, 2.45) is 4.99 Å². The van der Waals surface area contributed by atoms with Crippen LogP contribution in [0.5, 0.6) is 0 Å². The van der Waals surface area contributed by atoms with E-state index in [1.54, 1.807) is 0 Å². The van der Waals surface area contributed by atoms with E-state index in [1.165, 1.54) is 46.2 Å². The second kappa shape index (κ2) is 16.2. The maximum atomic E-state index is 4.64. The first-order chi connectivity index (χ1) is 18.3. The molecule has 0 unspecified atom stereocenters. The van der Waals surface area contributed by atoms with Crippen LogP contribution in [0.25, 0.3) is 17.2 Å². The Morgan fingerprint density at radius 2 is 1.39 bits per heavy atom. The van der Waals surface area contributed by atoms with Crippen molar-refractivity contribution in [2.75, 3.05) is 6.54 Å². The molecule has 0 aliphatic heterocycles. The third-order valence-corrected chi connectivity index (χ3v) is 6.45. The molecule has 0 fully saturated rings. The molecule has 3 rings (SSSR count). The molecule has 38 heavy (non-hydrogen) atoms. The molecule has 0 amide bonds. The van der Waals surface area contributed by atoms with Crippen LogP contribution in [-0.4, -0.2) is 12.8 Å². The zero-order valence-electron chi connectivity index (χ0n) is 24.4. The molecule has 3 aromatic rings. The zero-order chi connectivity index (χ0) is 27.9. The third-order valence-electron chi connectivity index (χ3n) is 6.45. The largest absolute Gasteiger partial charge is 0.288 e. The van der Waals surface area contributed by atoms with Crippen LogP contribution < -0.4 is 0 Å². The van der Waals surface area contributed by atoms with Gasteiger partial charge in [0.1, 0.15) is 0 Å². The molecule has 0 saturated carbocycles. The molecule has 1 nitrogen and oxygen atoms in total. The Hall–Kier alpha value is -3.71. The fourth-order valence-corrected chi connectivity index (χ4v) is 4.07. The van der Waals surface area contributed by atoms with Crippen molar-refractivity contribution in [1.82, 2.24) is 0 Å². The summed E-state index contributed by atoms with van der Waals surface area (Å²) in [4.78, 5) is 4.64. The zero-order valence-corrected chi connectivity index (χ0v) is 24.4. The molecule has 0 saturated heterocycles. The van der Waals surface area contributed by atoms with E-state index in [4.69, 9.17) is 0 Å². The van der Waals surface area contributed by atoms with E-state index >= 15 is 0 Å². The predicted octanol–water partition coefficient (Wildman–Crippen LogP) is 10.4. The highest BCUT2D eigenvalue weighted by atomic mass is 14.7. The van der Waals surface area contributed by atoms with Crippen molar-refractivity contribution in [1.29, 1.82) is 0 Å². The number of hydrogen-bond donors (Lipinski definition) is 0. The molecular formula is C37H45N. The van der Waals surface area contributed by atoms with Gasteiger partial charge in [0.2, 0.25) is 0 Å². The number of allylic oxidation sites excluding steroid dienone is 4. The second-order valence-electron chi connectivity index (χ2n) is 9.80. The molecular weight excluding hydrogens is 458 g/mol. The topological polar surface area (TPSA) is 12.4 Å². The Bertz CT molecular complexity index is 1250. The molecule has 0 aliphatic rings. The molecule has 0 spiro atoms. The highest BCUT2D eigenvalue weighted by Gasteiger charge is 2.12. The molecule has 0 aliphatic carbocycles. The number of aryl methyl sites for hydroxylation is 3. The molecule has 3 aromatic carbocycles. The van der Waals surface area contributed by atoms with Gasteiger partial charge in [-0.3, -0.25) is 4.99 Å². The molecule has 0 N–H and O–H groups in total. The van der Waals surface area contributed by atoms with Gasteiger partial charge in [-0.05, 0) is 79.5 Å².